The van der Waals surface area contributed by atoms with Crippen LogP contribution in [0.25, 0.3) is 21.5 Å². The summed E-state index contributed by atoms with van der Waals surface area (Å²) in [6.45, 7) is 9.53. The molecule has 0 bridgehead atoms. The normalized spacial score (nSPS) is 16.4. The van der Waals surface area contributed by atoms with Gasteiger partial charge in [0.05, 0.1) is 0 Å². The van der Waals surface area contributed by atoms with Gasteiger partial charge in [-0.05, 0) is 57.3 Å². The molecule has 0 spiro atoms. The van der Waals surface area contributed by atoms with Crippen molar-refractivity contribution in [3.05, 3.63) is 59.7 Å². The van der Waals surface area contributed by atoms with Crippen molar-refractivity contribution in [2.45, 2.75) is 97.3 Å². The van der Waals surface area contributed by atoms with E-state index < -0.39 is 0 Å². The maximum absolute atomic E-state index is 2.49. The monoisotopic (exact) mass is 414 g/mol. The smallest absolute Gasteiger partial charge is 0.0220 e. The molecule has 0 aromatic heterocycles. The predicted octanol–water partition coefficient (Wildman–Crippen LogP) is 9.81. The van der Waals surface area contributed by atoms with Gasteiger partial charge < -0.3 is 0 Å². The molecule has 2 atom stereocenters. The molecule has 0 saturated heterocycles. The van der Waals surface area contributed by atoms with Crippen LogP contribution in [0.5, 0.6) is 0 Å². The Labute approximate surface area is 190 Å². The van der Waals surface area contributed by atoms with E-state index in [0.29, 0.717) is 0 Å². The van der Waals surface area contributed by atoms with Gasteiger partial charge in [0.1, 0.15) is 0 Å². The molecule has 3 aromatic rings. The molecule has 0 fully saturated rings. The van der Waals surface area contributed by atoms with Crippen molar-refractivity contribution in [1.82, 2.24) is 0 Å². The Morgan fingerprint density at radius 2 is 1.06 bits per heavy atom. The van der Waals surface area contributed by atoms with Crippen LogP contribution in [0.1, 0.15) is 103 Å². The van der Waals surface area contributed by atoms with Crippen molar-refractivity contribution in [1.29, 1.82) is 0 Å². The lowest BCUT2D eigenvalue weighted by molar-refractivity contribution is 0.266. The fourth-order valence-corrected chi connectivity index (χ4v) is 6.49. The molecule has 0 aliphatic heterocycles. The van der Waals surface area contributed by atoms with Gasteiger partial charge in [-0.2, -0.15) is 0 Å². The molecule has 0 amide bonds. The van der Waals surface area contributed by atoms with Crippen LogP contribution in [-0.4, -0.2) is 0 Å². The zero-order valence-corrected chi connectivity index (χ0v) is 20.3. The van der Waals surface area contributed by atoms with Crippen LogP contribution in [0.3, 0.4) is 0 Å². The molecule has 3 aromatic carbocycles. The van der Waals surface area contributed by atoms with Crippen LogP contribution in [0.2, 0.25) is 0 Å². The molecule has 0 saturated carbocycles. The first-order valence-electron chi connectivity index (χ1n) is 13.1. The first-order chi connectivity index (χ1) is 15.2. The van der Waals surface area contributed by atoms with Crippen LogP contribution in [-0.2, 0) is 5.41 Å². The van der Waals surface area contributed by atoms with E-state index in [1.165, 1.54) is 75.0 Å². The minimum atomic E-state index is 0.186. The topological polar surface area (TPSA) is 0 Å². The molecule has 0 nitrogen and oxygen atoms in total. The fourth-order valence-electron chi connectivity index (χ4n) is 6.49. The molecular weight excluding hydrogens is 372 g/mol. The molecule has 1 aliphatic rings. The third kappa shape index (κ3) is 4.04. The average molecular weight is 415 g/mol. The van der Waals surface area contributed by atoms with Crippen molar-refractivity contribution in [2.24, 2.45) is 11.8 Å². The van der Waals surface area contributed by atoms with Crippen molar-refractivity contribution >= 4 is 21.5 Å². The van der Waals surface area contributed by atoms with E-state index in [4.69, 9.17) is 0 Å². The Balaban J connectivity index is 1.88. The zero-order chi connectivity index (χ0) is 21.8. The van der Waals surface area contributed by atoms with Crippen LogP contribution in [0.4, 0.5) is 0 Å². The molecule has 1 aliphatic carbocycles. The van der Waals surface area contributed by atoms with E-state index in [9.17, 15) is 0 Å². The highest BCUT2D eigenvalue weighted by Crippen LogP contribution is 2.55. The third-order valence-electron chi connectivity index (χ3n) is 8.28. The molecule has 0 heterocycles. The second kappa shape index (κ2) is 9.76. The van der Waals surface area contributed by atoms with Gasteiger partial charge in [-0.1, -0.05) is 128 Å². The highest BCUT2D eigenvalue weighted by molar-refractivity contribution is 6.14. The van der Waals surface area contributed by atoms with Crippen molar-refractivity contribution < 1.29 is 0 Å². The number of unbranched alkanes of at least 4 members (excludes halogenated alkanes) is 2. The summed E-state index contributed by atoms with van der Waals surface area (Å²) >= 11 is 0. The Hall–Kier alpha value is -1.82. The van der Waals surface area contributed by atoms with Crippen molar-refractivity contribution in [3.63, 3.8) is 0 Å². The van der Waals surface area contributed by atoms with Gasteiger partial charge >= 0.3 is 0 Å². The number of rotatable bonds is 12. The molecule has 166 valence electrons. The van der Waals surface area contributed by atoms with E-state index in [0.717, 1.165) is 11.8 Å². The summed E-state index contributed by atoms with van der Waals surface area (Å²) < 4.78 is 0. The summed E-state index contributed by atoms with van der Waals surface area (Å²) in [5, 5.41) is 5.99. The fraction of sp³-hybridized carbons (Fsp3) is 0.548. The summed E-state index contributed by atoms with van der Waals surface area (Å²) in [7, 11) is 0. The van der Waals surface area contributed by atoms with E-state index >= 15 is 0 Å². The van der Waals surface area contributed by atoms with E-state index in [2.05, 4.69) is 76.2 Å². The highest BCUT2D eigenvalue weighted by atomic mass is 14.5. The first kappa shape index (κ1) is 22.4. The van der Waals surface area contributed by atoms with Crippen LogP contribution >= 0.6 is 0 Å². The maximum Gasteiger partial charge on any atom is 0.0220 e. The summed E-state index contributed by atoms with van der Waals surface area (Å²) in [6.07, 6.45) is 13.3. The molecule has 0 radical (unpaired) electrons. The van der Waals surface area contributed by atoms with E-state index in [1.54, 1.807) is 21.9 Å². The summed E-state index contributed by atoms with van der Waals surface area (Å²) in [5.41, 5.74) is 3.47. The quantitative estimate of drug-likeness (QED) is 0.259. The Morgan fingerprint density at radius 1 is 0.613 bits per heavy atom. The minimum Gasteiger partial charge on any atom is -0.0654 e. The Morgan fingerprint density at radius 3 is 1.45 bits per heavy atom. The predicted molar refractivity (Wildman–Crippen MR) is 138 cm³/mol. The Bertz CT molecular complexity index is 928. The molecule has 0 heteroatoms. The van der Waals surface area contributed by atoms with Crippen molar-refractivity contribution in [3.8, 4) is 0 Å². The zero-order valence-electron chi connectivity index (χ0n) is 20.3. The van der Waals surface area contributed by atoms with Gasteiger partial charge in [0, 0.05) is 5.41 Å². The van der Waals surface area contributed by atoms with Crippen molar-refractivity contribution in [2.75, 3.05) is 0 Å². The molecular formula is C31H42. The number of hydrogen-bond donors (Lipinski definition) is 0. The molecule has 31 heavy (non-hydrogen) atoms. The molecule has 2 unspecified atom stereocenters. The first-order valence-corrected chi connectivity index (χ1v) is 13.1. The average Bonchev–Trinajstić information content (AvgIpc) is 3.09. The van der Waals surface area contributed by atoms with Gasteiger partial charge in [0.2, 0.25) is 0 Å². The van der Waals surface area contributed by atoms with Gasteiger partial charge in [-0.25, -0.2) is 0 Å². The lowest BCUT2D eigenvalue weighted by Crippen LogP contribution is -2.31. The largest absolute Gasteiger partial charge is 0.0654 e. The van der Waals surface area contributed by atoms with Crippen LogP contribution < -0.4 is 0 Å². The molecule has 0 N–H and O–H groups in total. The van der Waals surface area contributed by atoms with Gasteiger partial charge in [-0.3, -0.25) is 0 Å². The van der Waals surface area contributed by atoms with E-state index in [1.807, 2.05) is 0 Å². The highest BCUT2D eigenvalue weighted by Gasteiger charge is 2.43. The third-order valence-corrected chi connectivity index (χ3v) is 8.28. The lowest BCUT2D eigenvalue weighted by atomic mass is 9.65. The Kier molecular flexibility index (Phi) is 7.05. The maximum atomic E-state index is 2.49. The standard InChI is InChI=1S/C31H42/c1-5-9-13-23(7-3)21-31(22-24(8-4)14-10-6-2)27-17-11-15-25-19-20-26-16-12-18-28(31)30(26)29(25)27/h11-12,15-20,23-24H,5-10,13-14,21-22H2,1-4H3. The van der Waals surface area contributed by atoms with Gasteiger partial charge in [0.25, 0.3) is 0 Å². The van der Waals surface area contributed by atoms with Gasteiger partial charge in [0.15, 0.2) is 0 Å². The summed E-state index contributed by atoms with van der Waals surface area (Å²) in [5.74, 6) is 1.62. The lowest BCUT2D eigenvalue weighted by Gasteiger charge is -2.39. The number of hydrogen-bond acceptors (Lipinski definition) is 0. The van der Waals surface area contributed by atoms with Crippen LogP contribution in [0.15, 0.2) is 48.5 Å². The molecule has 4 rings (SSSR count). The van der Waals surface area contributed by atoms with Gasteiger partial charge in [-0.15, -0.1) is 0 Å². The second-order valence-electron chi connectivity index (χ2n) is 10.2. The minimum absolute atomic E-state index is 0.186. The number of benzene rings is 3. The second-order valence-corrected chi connectivity index (χ2v) is 10.2. The SMILES string of the molecule is CCCCC(CC)CC1(CC(CC)CCCC)c2cccc3ccc4cccc1c4c23. The van der Waals surface area contributed by atoms with E-state index in [-0.39, 0.29) is 5.41 Å². The summed E-state index contributed by atoms with van der Waals surface area (Å²) in [4.78, 5) is 0. The summed E-state index contributed by atoms with van der Waals surface area (Å²) in [6, 6.07) is 19.0. The van der Waals surface area contributed by atoms with Crippen LogP contribution in [0, 0.1) is 11.8 Å².